The summed E-state index contributed by atoms with van der Waals surface area (Å²) in [6, 6.07) is 18.4. The third kappa shape index (κ3) is 3.48. The van der Waals surface area contributed by atoms with Gasteiger partial charge in [0.05, 0.1) is 17.9 Å². The molecule has 5 rings (SSSR count). The molecule has 0 amide bonds. The van der Waals surface area contributed by atoms with Gasteiger partial charge in [0.1, 0.15) is 4.90 Å². The van der Waals surface area contributed by atoms with Crippen molar-refractivity contribution >= 4 is 10.0 Å². The second-order valence-electron chi connectivity index (χ2n) is 8.11. The lowest BCUT2D eigenvalue weighted by Gasteiger charge is -2.30. The van der Waals surface area contributed by atoms with Crippen LogP contribution in [0.25, 0.3) is 5.69 Å². The fourth-order valence-corrected chi connectivity index (χ4v) is 6.13. The maximum Gasteiger partial charge on any atom is 0.333 e. The van der Waals surface area contributed by atoms with Gasteiger partial charge in [-0.3, -0.25) is 0 Å². The molecule has 6 nitrogen and oxygen atoms in total. The Morgan fingerprint density at radius 1 is 1.00 bits per heavy atom. The molecule has 1 unspecified atom stereocenters. The summed E-state index contributed by atoms with van der Waals surface area (Å²) in [6.07, 6.45) is 2.92. The number of benzene rings is 2. The van der Waals surface area contributed by atoms with Crippen molar-refractivity contribution in [3.8, 4) is 5.69 Å². The van der Waals surface area contributed by atoms with Gasteiger partial charge in [0.25, 0.3) is 0 Å². The van der Waals surface area contributed by atoms with Crippen LogP contribution in [0.2, 0.25) is 0 Å². The first kappa shape index (κ1) is 21.5. The second-order valence-corrected chi connectivity index (χ2v) is 9.97. The van der Waals surface area contributed by atoms with Crippen molar-refractivity contribution in [2.45, 2.75) is 37.9 Å². The summed E-state index contributed by atoms with van der Waals surface area (Å²) in [5, 5.41) is 3.64. The molecular weight excluding hydrogens is 446 g/mol. The SMILES string of the molecule is Cc1ccc(C2c3cccn3-c3ccccc3CN2S(=O)(=O)c2cnn(C(F)F)c2C)cc1. The summed E-state index contributed by atoms with van der Waals surface area (Å²) >= 11 is 0. The van der Waals surface area contributed by atoms with Gasteiger partial charge in [-0.2, -0.15) is 18.2 Å². The predicted molar refractivity (Wildman–Crippen MR) is 120 cm³/mol. The van der Waals surface area contributed by atoms with Gasteiger partial charge in [0.2, 0.25) is 10.0 Å². The molecule has 1 atom stereocenters. The molecular formula is C24H22F2N4O2S. The van der Waals surface area contributed by atoms with Crippen LogP contribution in [-0.4, -0.2) is 27.1 Å². The molecule has 0 N–H and O–H groups in total. The zero-order chi connectivity index (χ0) is 23.3. The fourth-order valence-electron chi connectivity index (χ4n) is 4.42. The molecule has 1 aliphatic rings. The van der Waals surface area contributed by atoms with Crippen molar-refractivity contribution in [3.05, 3.63) is 101 Å². The van der Waals surface area contributed by atoms with Crippen LogP contribution in [0.15, 0.2) is 78.0 Å². The Hall–Kier alpha value is -3.30. The lowest BCUT2D eigenvalue weighted by Crippen LogP contribution is -2.35. The maximum absolute atomic E-state index is 14.0. The van der Waals surface area contributed by atoms with Crippen LogP contribution in [-0.2, 0) is 16.6 Å². The molecule has 0 radical (unpaired) electrons. The molecule has 0 fully saturated rings. The van der Waals surface area contributed by atoms with E-state index in [-0.39, 0.29) is 17.1 Å². The molecule has 33 heavy (non-hydrogen) atoms. The van der Waals surface area contributed by atoms with Crippen LogP contribution >= 0.6 is 0 Å². The van der Waals surface area contributed by atoms with E-state index in [9.17, 15) is 17.2 Å². The quantitative estimate of drug-likeness (QED) is 0.425. The first-order chi connectivity index (χ1) is 15.8. The molecule has 170 valence electrons. The monoisotopic (exact) mass is 468 g/mol. The molecule has 4 aromatic rings. The summed E-state index contributed by atoms with van der Waals surface area (Å²) in [5.41, 5.74) is 4.21. The van der Waals surface area contributed by atoms with Gasteiger partial charge >= 0.3 is 6.55 Å². The molecule has 0 bridgehead atoms. The van der Waals surface area contributed by atoms with Crippen molar-refractivity contribution in [2.75, 3.05) is 0 Å². The van der Waals surface area contributed by atoms with Gasteiger partial charge in [-0.05, 0) is 43.2 Å². The minimum Gasteiger partial charge on any atom is -0.319 e. The smallest absolute Gasteiger partial charge is 0.319 e. The van der Waals surface area contributed by atoms with Crippen LogP contribution < -0.4 is 0 Å². The largest absolute Gasteiger partial charge is 0.333 e. The van der Waals surface area contributed by atoms with Crippen molar-refractivity contribution < 1.29 is 17.2 Å². The van der Waals surface area contributed by atoms with Gasteiger partial charge in [0.15, 0.2) is 0 Å². The zero-order valence-electron chi connectivity index (χ0n) is 18.1. The average Bonchev–Trinajstić information content (AvgIpc) is 3.39. The standard InChI is InChI=1S/C24H22F2N4O2S/c1-16-9-11-18(12-10-16)23-21-8-5-13-28(21)20-7-4-3-6-19(20)15-29(23)33(31,32)22-14-27-30(17(22)2)24(25)26/h3-14,23-24H,15H2,1-2H3. The Morgan fingerprint density at radius 3 is 2.42 bits per heavy atom. The van der Waals surface area contributed by atoms with Crippen LogP contribution in [0, 0.1) is 13.8 Å². The number of para-hydroxylation sites is 1. The molecule has 0 aliphatic carbocycles. The highest BCUT2D eigenvalue weighted by Crippen LogP contribution is 2.40. The number of sulfonamides is 1. The van der Waals surface area contributed by atoms with Crippen molar-refractivity contribution in [1.82, 2.24) is 18.7 Å². The fraction of sp³-hybridized carbons (Fsp3) is 0.208. The second kappa shape index (κ2) is 7.93. The normalized spacial score (nSPS) is 16.5. The van der Waals surface area contributed by atoms with E-state index in [0.29, 0.717) is 4.68 Å². The minimum absolute atomic E-state index is 0.0814. The Bertz CT molecular complexity index is 1420. The first-order valence-corrected chi connectivity index (χ1v) is 11.9. The van der Waals surface area contributed by atoms with Crippen LogP contribution in [0.1, 0.15) is 40.7 Å². The topological polar surface area (TPSA) is 60.1 Å². The molecule has 0 saturated carbocycles. The molecule has 1 aliphatic heterocycles. The molecule has 2 aromatic heterocycles. The van der Waals surface area contributed by atoms with E-state index in [2.05, 4.69) is 5.10 Å². The van der Waals surface area contributed by atoms with E-state index in [0.717, 1.165) is 34.3 Å². The lowest BCUT2D eigenvalue weighted by molar-refractivity contribution is 0.0541. The number of hydrogen-bond donors (Lipinski definition) is 0. The van der Waals surface area contributed by atoms with Crippen LogP contribution in [0.4, 0.5) is 8.78 Å². The van der Waals surface area contributed by atoms with Gasteiger partial charge in [-0.15, -0.1) is 0 Å². The van der Waals surface area contributed by atoms with Crippen molar-refractivity contribution in [3.63, 3.8) is 0 Å². The summed E-state index contributed by atoms with van der Waals surface area (Å²) < 4.78 is 58.5. The number of halogens is 2. The maximum atomic E-state index is 14.0. The molecule has 9 heteroatoms. The van der Waals surface area contributed by atoms with E-state index >= 15 is 0 Å². The summed E-state index contributed by atoms with van der Waals surface area (Å²) in [7, 11) is -4.20. The van der Waals surface area contributed by atoms with E-state index < -0.39 is 22.6 Å². The first-order valence-electron chi connectivity index (χ1n) is 10.4. The Labute approximate surface area is 190 Å². The summed E-state index contributed by atoms with van der Waals surface area (Å²) in [4.78, 5) is -0.225. The van der Waals surface area contributed by atoms with Gasteiger partial charge < -0.3 is 4.57 Å². The van der Waals surface area contributed by atoms with E-state index in [4.69, 9.17) is 0 Å². The summed E-state index contributed by atoms with van der Waals surface area (Å²) in [6.45, 7) is 0.467. The van der Waals surface area contributed by atoms with Gasteiger partial charge in [-0.1, -0.05) is 48.0 Å². The van der Waals surface area contributed by atoms with Crippen molar-refractivity contribution in [2.24, 2.45) is 0 Å². The number of rotatable bonds is 4. The number of hydrogen-bond acceptors (Lipinski definition) is 3. The van der Waals surface area contributed by atoms with Crippen LogP contribution in [0.3, 0.4) is 0 Å². The Balaban J connectivity index is 1.76. The highest BCUT2D eigenvalue weighted by molar-refractivity contribution is 7.89. The molecule has 3 heterocycles. The summed E-state index contributed by atoms with van der Waals surface area (Å²) in [5.74, 6) is 0. The number of fused-ring (bicyclic) bond motifs is 3. The number of aryl methyl sites for hydroxylation is 1. The van der Waals surface area contributed by atoms with E-state index in [1.54, 1.807) is 0 Å². The van der Waals surface area contributed by atoms with E-state index in [1.807, 2.05) is 78.4 Å². The average molecular weight is 469 g/mol. The highest BCUT2D eigenvalue weighted by atomic mass is 32.2. The van der Waals surface area contributed by atoms with E-state index in [1.165, 1.54) is 11.2 Å². The third-order valence-electron chi connectivity index (χ3n) is 6.09. The zero-order valence-corrected chi connectivity index (χ0v) is 18.9. The Kier molecular flexibility index (Phi) is 5.18. The third-order valence-corrected chi connectivity index (χ3v) is 8.00. The van der Waals surface area contributed by atoms with Crippen molar-refractivity contribution in [1.29, 1.82) is 0 Å². The number of nitrogens with zero attached hydrogens (tertiary/aromatic N) is 4. The minimum atomic E-state index is -4.20. The van der Waals surface area contributed by atoms with Gasteiger partial charge in [0, 0.05) is 24.1 Å². The van der Waals surface area contributed by atoms with Crippen LogP contribution in [0.5, 0.6) is 0 Å². The lowest BCUT2D eigenvalue weighted by atomic mass is 10.0. The number of alkyl halides is 2. The number of aromatic nitrogens is 3. The highest BCUT2D eigenvalue weighted by Gasteiger charge is 2.39. The molecule has 0 saturated heterocycles. The Morgan fingerprint density at radius 2 is 1.73 bits per heavy atom. The van der Waals surface area contributed by atoms with Gasteiger partial charge in [-0.25, -0.2) is 13.1 Å². The molecule has 0 spiro atoms. The molecule has 2 aromatic carbocycles. The predicted octanol–water partition coefficient (Wildman–Crippen LogP) is 4.98.